The molecule has 0 fully saturated rings. The maximum absolute atomic E-state index is 12.3. The molecule has 0 aliphatic carbocycles. The molecule has 1 aromatic carbocycles. The lowest BCUT2D eigenvalue weighted by Gasteiger charge is -2.03. The molecule has 0 bridgehead atoms. The Morgan fingerprint density at radius 2 is 2.00 bits per heavy atom. The van der Waals surface area contributed by atoms with Crippen molar-refractivity contribution in [2.75, 3.05) is 5.32 Å². The highest BCUT2D eigenvalue weighted by Crippen LogP contribution is 2.29. The summed E-state index contributed by atoms with van der Waals surface area (Å²) < 4.78 is 39.8. The van der Waals surface area contributed by atoms with Gasteiger partial charge in [-0.25, -0.2) is 0 Å². The molecule has 2 aromatic rings. The first kappa shape index (κ1) is 13.3. The molecule has 9 heteroatoms. The molecule has 19 heavy (non-hydrogen) atoms. The third-order valence-electron chi connectivity index (χ3n) is 2.05. The number of nitrogens with one attached hydrogen (secondary N) is 1. The molecule has 2 N–H and O–H groups in total. The van der Waals surface area contributed by atoms with Crippen molar-refractivity contribution in [3.63, 3.8) is 0 Å². The van der Waals surface area contributed by atoms with Gasteiger partial charge in [-0.2, -0.15) is 22.5 Å². The molecular formula is C10H6F3N3O2S. The lowest BCUT2D eigenvalue weighted by Crippen LogP contribution is -2.13. The first-order valence-electron chi connectivity index (χ1n) is 4.88. The van der Waals surface area contributed by atoms with Crippen molar-refractivity contribution in [2.45, 2.75) is 6.18 Å². The molecule has 1 aromatic heterocycles. The number of rotatable bonds is 2. The molecule has 0 aliphatic rings. The van der Waals surface area contributed by atoms with Crippen LogP contribution in [-0.4, -0.2) is 20.4 Å². The van der Waals surface area contributed by atoms with Crippen molar-refractivity contribution in [3.05, 3.63) is 35.7 Å². The highest BCUT2D eigenvalue weighted by Gasteiger charge is 2.36. The molecule has 0 radical (unpaired) electrons. The Labute approximate surface area is 108 Å². The zero-order chi connectivity index (χ0) is 14.0. The summed E-state index contributed by atoms with van der Waals surface area (Å²) in [5, 5.41) is 11.3. The summed E-state index contributed by atoms with van der Waals surface area (Å²) in [5.74, 6) is -2.35. The Hall–Kier alpha value is -2.16. The molecule has 0 unspecified atom stereocenters. The van der Waals surface area contributed by atoms with E-state index in [4.69, 9.17) is 0 Å². The normalized spacial score (nSPS) is 11.3. The van der Waals surface area contributed by atoms with Crippen molar-refractivity contribution < 1.29 is 23.1 Å². The molecule has 0 spiro atoms. The Balaban J connectivity index is 2.16. The van der Waals surface area contributed by atoms with Crippen LogP contribution in [0.25, 0.3) is 0 Å². The van der Waals surface area contributed by atoms with Crippen LogP contribution in [0.4, 0.5) is 18.3 Å². The van der Waals surface area contributed by atoms with Gasteiger partial charge in [-0.05, 0) is 12.1 Å². The smallest absolute Gasteiger partial charge is 0.452 e. The molecule has 0 atom stereocenters. The first-order valence-corrected chi connectivity index (χ1v) is 5.65. The number of anilines is 1. The number of aromatic nitrogens is 2. The topological polar surface area (TPSA) is 75.1 Å². The van der Waals surface area contributed by atoms with E-state index < -0.39 is 17.9 Å². The Morgan fingerprint density at radius 3 is 2.58 bits per heavy atom. The van der Waals surface area contributed by atoms with Crippen LogP contribution in [0.1, 0.15) is 16.2 Å². The zero-order valence-corrected chi connectivity index (χ0v) is 9.92. The highest BCUT2D eigenvalue weighted by molar-refractivity contribution is 7.09. The number of carbonyl (C=O) groups excluding carboxylic acids is 1. The van der Waals surface area contributed by atoms with Gasteiger partial charge in [-0.1, -0.05) is 12.1 Å². The number of aromatic hydroxyl groups is 1. The number of phenols is 1. The second-order valence-corrected chi connectivity index (χ2v) is 4.14. The number of carbonyl (C=O) groups is 1. The van der Waals surface area contributed by atoms with E-state index in [1.54, 1.807) is 0 Å². The fraction of sp³-hybridized carbons (Fsp3) is 0.100. The summed E-state index contributed by atoms with van der Waals surface area (Å²) >= 11 is 0.411. The maximum atomic E-state index is 12.3. The summed E-state index contributed by atoms with van der Waals surface area (Å²) in [6, 6.07) is 5.64. The van der Waals surface area contributed by atoms with E-state index in [1.165, 1.54) is 24.3 Å². The number of para-hydroxylation sites is 1. The van der Waals surface area contributed by atoms with Gasteiger partial charge in [0.05, 0.1) is 5.56 Å². The van der Waals surface area contributed by atoms with Crippen LogP contribution in [0.2, 0.25) is 0 Å². The van der Waals surface area contributed by atoms with Crippen molar-refractivity contribution in [3.8, 4) is 5.75 Å². The first-order chi connectivity index (χ1) is 8.88. The summed E-state index contributed by atoms with van der Waals surface area (Å²) in [4.78, 5) is 14.8. The van der Waals surface area contributed by atoms with Crippen LogP contribution >= 0.6 is 11.5 Å². The molecule has 1 heterocycles. The third kappa shape index (κ3) is 2.99. The fourth-order valence-electron chi connectivity index (χ4n) is 1.22. The van der Waals surface area contributed by atoms with Gasteiger partial charge >= 0.3 is 6.18 Å². The van der Waals surface area contributed by atoms with Gasteiger partial charge in [0.15, 0.2) is 0 Å². The molecule has 0 saturated heterocycles. The maximum Gasteiger partial charge on any atom is 0.452 e. The number of alkyl halides is 3. The Kier molecular flexibility index (Phi) is 3.38. The molecule has 0 aliphatic heterocycles. The quantitative estimate of drug-likeness (QED) is 0.890. The van der Waals surface area contributed by atoms with Gasteiger partial charge in [0.2, 0.25) is 11.0 Å². The van der Waals surface area contributed by atoms with Gasteiger partial charge in [-0.3, -0.25) is 10.1 Å². The number of phenolic OH excluding ortho intramolecular Hbond substituents is 1. The van der Waals surface area contributed by atoms with E-state index in [-0.39, 0.29) is 16.4 Å². The van der Waals surface area contributed by atoms with Crippen LogP contribution in [0.15, 0.2) is 24.3 Å². The van der Waals surface area contributed by atoms with E-state index >= 15 is 0 Å². The van der Waals surface area contributed by atoms with Crippen molar-refractivity contribution >= 4 is 22.6 Å². The Morgan fingerprint density at radius 1 is 1.32 bits per heavy atom. The van der Waals surface area contributed by atoms with Gasteiger partial charge in [0.1, 0.15) is 5.75 Å². The summed E-state index contributed by atoms with van der Waals surface area (Å²) in [5.41, 5.74) is -0.0636. The van der Waals surface area contributed by atoms with Gasteiger partial charge in [-0.15, -0.1) is 0 Å². The van der Waals surface area contributed by atoms with Crippen LogP contribution in [-0.2, 0) is 6.18 Å². The van der Waals surface area contributed by atoms with Crippen LogP contribution in [0, 0.1) is 0 Å². The van der Waals surface area contributed by atoms with Gasteiger partial charge in [0.25, 0.3) is 5.91 Å². The molecule has 2 rings (SSSR count). The minimum Gasteiger partial charge on any atom is -0.507 e. The monoisotopic (exact) mass is 289 g/mol. The number of hydrogen-bond donors (Lipinski definition) is 2. The summed E-state index contributed by atoms with van der Waals surface area (Å²) in [6.07, 6.45) is -4.66. The predicted molar refractivity (Wildman–Crippen MR) is 61.0 cm³/mol. The van der Waals surface area contributed by atoms with Crippen LogP contribution in [0.5, 0.6) is 5.75 Å². The van der Waals surface area contributed by atoms with Gasteiger partial charge < -0.3 is 5.11 Å². The predicted octanol–water partition coefficient (Wildman–Crippen LogP) is 2.51. The number of benzene rings is 1. The number of hydrogen-bond acceptors (Lipinski definition) is 5. The molecule has 0 saturated carbocycles. The molecular weight excluding hydrogens is 283 g/mol. The Bertz CT molecular complexity index is 612. The van der Waals surface area contributed by atoms with Crippen molar-refractivity contribution in [1.29, 1.82) is 0 Å². The standard InChI is InChI=1S/C10H6F3N3O2S/c11-10(12,13)8-15-9(19-16-8)14-7(18)5-3-1-2-4-6(5)17/h1-4,17H,(H,14,15,16,18). The number of nitrogens with zero attached hydrogens (tertiary/aromatic N) is 2. The van der Waals surface area contributed by atoms with E-state index in [1.807, 2.05) is 0 Å². The molecule has 1 amide bonds. The third-order valence-corrected chi connectivity index (χ3v) is 2.68. The van der Waals surface area contributed by atoms with Crippen molar-refractivity contribution in [1.82, 2.24) is 9.36 Å². The van der Waals surface area contributed by atoms with Crippen LogP contribution < -0.4 is 5.32 Å². The van der Waals surface area contributed by atoms with Gasteiger partial charge in [0, 0.05) is 11.5 Å². The molecule has 5 nitrogen and oxygen atoms in total. The average Bonchev–Trinajstić information content (AvgIpc) is 2.77. The van der Waals surface area contributed by atoms with E-state index in [2.05, 4.69) is 14.7 Å². The largest absolute Gasteiger partial charge is 0.507 e. The highest BCUT2D eigenvalue weighted by atomic mass is 32.1. The van der Waals surface area contributed by atoms with E-state index in [0.717, 1.165) is 0 Å². The lowest BCUT2D eigenvalue weighted by molar-refractivity contribution is -0.144. The fourth-order valence-corrected chi connectivity index (χ4v) is 1.80. The number of amides is 1. The zero-order valence-electron chi connectivity index (χ0n) is 9.10. The summed E-state index contributed by atoms with van der Waals surface area (Å²) in [6.45, 7) is 0. The minimum atomic E-state index is -4.66. The van der Waals surface area contributed by atoms with Crippen LogP contribution in [0.3, 0.4) is 0 Å². The van der Waals surface area contributed by atoms with Crippen molar-refractivity contribution in [2.24, 2.45) is 0 Å². The summed E-state index contributed by atoms with van der Waals surface area (Å²) in [7, 11) is 0. The average molecular weight is 289 g/mol. The second-order valence-electron chi connectivity index (χ2n) is 3.39. The lowest BCUT2D eigenvalue weighted by atomic mass is 10.2. The van der Waals surface area contributed by atoms with E-state index in [9.17, 15) is 23.1 Å². The molecule has 100 valence electrons. The number of halogens is 3. The SMILES string of the molecule is O=C(Nc1nc(C(F)(F)F)ns1)c1ccccc1O. The van der Waals surface area contributed by atoms with E-state index in [0.29, 0.717) is 11.5 Å². The minimum absolute atomic E-state index is 0.0636. The second kappa shape index (κ2) is 4.84.